The van der Waals surface area contributed by atoms with E-state index in [0.717, 1.165) is 43.9 Å². The van der Waals surface area contributed by atoms with Gasteiger partial charge in [0.05, 0.1) is 12.2 Å². The second-order valence-electron chi connectivity index (χ2n) is 13.7. The molecule has 5 fully saturated rings. The lowest BCUT2D eigenvalue weighted by Gasteiger charge is -2.64. The van der Waals surface area contributed by atoms with Crippen LogP contribution in [0.5, 0.6) is 0 Å². The van der Waals surface area contributed by atoms with Gasteiger partial charge in [-0.2, -0.15) is 0 Å². The first kappa shape index (κ1) is 23.4. The Balaban J connectivity index is 1.47. The molecule has 1 spiro atoms. The van der Waals surface area contributed by atoms with Crippen LogP contribution in [0, 0.1) is 51.2 Å². The van der Waals surface area contributed by atoms with Gasteiger partial charge in [-0.05, 0) is 106 Å². The van der Waals surface area contributed by atoms with Gasteiger partial charge in [-0.3, -0.25) is 0 Å². The molecular formula is C29H48O3. The lowest BCUT2D eigenvalue weighted by molar-refractivity contribution is -0.186. The smallest absolute Gasteiger partial charge is 0.0611 e. The van der Waals surface area contributed by atoms with E-state index < -0.39 is 0 Å². The molecule has 0 radical (unpaired) electrons. The molecule has 0 aliphatic heterocycles. The number of fused-ring (bicyclic) bond motifs is 6. The van der Waals surface area contributed by atoms with Crippen LogP contribution in [-0.2, 0) is 0 Å². The molecule has 0 heterocycles. The second kappa shape index (κ2) is 7.56. The van der Waals surface area contributed by atoms with Crippen molar-refractivity contribution in [2.45, 2.75) is 111 Å². The predicted molar refractivity (Wildman–Crippen MR) is 129 cm³/mol. The first-order chi connectivity index (χ1) is 15.1. The molecule has 3 N–H and O–H groups in total. The van der Waals surface area contributed by atoms with Gasteiger partial charge in [-0.1, -0.05) is 45.3 Å². The van der Waals surface area contributed by atoms with E-state index in [1.165, 1.54) is 37.7 Å². The molecule has 32 heavy (non-hydrogen) atoms. The summed E-state index contributed by atoms with van der Waals surface area (Å²) in [4.78, 5) is 0. The van der Waals surface area contributed by atoms with Gasteiger partial charge in [0.2, 0.25) is 0 Å². The summed E-state index contributed by atoms with van der Waals surface area (Å²) in [6, 6.07) is 0. The summed E-state index contributed by atoms with van der Waals surface area (Å²) >= 11 is 0. The quantitative estimate of drug-likeness (QED) is 0.486. The fourth-order valence-electron chi connectivity index (χ4n) is 10.9. The van der Waals surface area contributed by atoms with Crippen LogP contribution in [-0.4, -0.2) is 34.1 Å². The summed E-state index contributed by atoms with van der Waals surface area (Å²) in [5.41, 5.74) is 1.32. The minimum absolute atomic E-state index is 0.0887. The summed E-state index contributed by atoms with van der Waals surface area (Å²) in [7, 11) is 0. The predicted octanol–water partition coefficient (Wildman–Crippen LogP) is 5.72. The van der Waals surface area contributed by atoms with Gasteiger partial charge in [0.25, 0.3) is 0 Å². The lowest BCUT2D eigenvalue weighted by Crippen LogP contribution is -2.60. The highest BCUT2D eigenvalue weighted by atomic mass is 16.3. The van der Waals surface area contributed by atoms with Crippen LogP contribution in [0.4, 0.5) is 0 Å². The summed E-state index contributed by atoms with van der Waals surface area (Å²) in [5, 5.41) is 33.9. The molecule has 0 amide bonds. The Kier molecular flexibility index (Phi) is 5.52. The zero-order valence-electron chi connectivity index (χ0n) is 21.2. The highest BCUT2D eigenvalue weighted by molar-refractivity contribution is 5.29. The van der Waals surface area contributed by atoms with Crippen LogP contribution in [0.3, 0.4) is 0 Å². The standard InChI is InChI=1S/C29H48O3/c1-18(2)8-6-13-28(17-30)16-29(28)23-14-22(31)25-21(27(23,5)15-24(29)32)11-10-20-19(3)9-7-12-26(20,25)4/h8,19-25,30-32H,6-7,9-17H2,1-5H3/t19-,20?,21?,22?,23?,24?,25?,26?,27?,28-,29-/m1/s1. The fraction of sp³-hybridized carbons (Fsp3) is 0.931. The van der Waals surface area contributed by atoms with Crippen LogP contribution in [0.15, 0.2) is 11.6 Å². The Hall–Kier alpha value is -0.380. The number of aliphatic hydroxyl groups is 3. The minimum Gasteiger partial charge on any atom is -0.396 e. The van der Waals surface area contributed by atoms with E-state index in [1.807, 2.05) is 0 Å². The Morgan fingerprint density at radius 2 is 1.75 bits per heavy atom. The first-order valence-electron chi connectivity index (χ1n) is 13.7. The summed E-state index contributed by atoms with van der Waals surface area (Å²) in [6.45, 7) is 11.9. The number of allylic oxidation sites excluding steroid dienone is 2. The van der Waals surface area contributed by atoms with Gasteiger partial charge in [-0.25, -0.2) is 0 Å². The van der Waals surface area contributed by atoms with Crippen molar-refractivity contribution < 1.29 is 15.3 Å². The summed E-state index contributed by atoms with van der Waals surface area (Å²) in [6.07, 6.45) is 12.7. The number of hydrogen-bond acceptors (Lipinski definition) is 3. The van der Waals surface area contributed by atoms with Gasteiger partial charge in [0.1, 0.15) is 0 Å². The molecule has 3 heteroatoms. The molecule has 0 bridgehead atoms. The number of hydrogen-bond donors (Lipinski definition) is 3. The Labute approximate surface area is 196 Å². The van der Waals surface area contributed by atoms with Crippen molar-refractivity contribution in [2.75, 3.05) is 6.61 Å². The monoisotopic (exact) mass is 444 g/mol. The molecule has 5 aliphatic carbocycles. The minimum atomic E-state index is -0.335. The summed E-state index contributed by atoms with van der Waals surface area (Å²) < 4.78 is 0. The van der Waals surface area contributed by atoms with Crippen LogP contribution >= 0.6 is 0 Å². The lowest BCUT2D eigenvalue weighted by atomic mass is 9.41. The molecule has 5 aliphatic rings. The van der Waals surface area contributed by atoms with E-state index >= 15 is 0 Å². The van der Waals surface area contributed by atoms with Crippen molar-refractivity contribution in [1.82, 2.24) is 0 Å². The average molecular weight is 445 g/mol. The number of rotatable bonds is 4. The molecule has 0 saturated heterocycles. The van der Waals surface area contributed by atoms with Gasteiger partial charge in [0.15, 0.2) is 0 Å². The molecule has 3 nitrogen and oxygen atoms in total. The van der Waals surface area contributed by atoms with E-state index in [9.17, 15) is 15.3 Å². The Morgan fingerprint density at radius 3 is 2.44 bits per heavy atom. The van der Waals surface area contributed by atoms with E-state index in [1.54, 1.807) is 0 Å². The first-order valence-corrected chi connectivity index (χ1v) is 13.7. The maximum absolute atomic E-state index is 11.7. The zero-order chi connectivity index (χ0) is 23.1. The topological polar surface area (TPSA) is 60.7 Å². The number of aliphatic hydroxyl groups excluding tert-OH is 3. The van der Waals surface area contributed by atoms with Crippen LogP contribution in [0.1, 0.15) is 98.8 Å². The second-order valence-corrected chi connectivity index (χ2v) is 13.7. The van der Waals surface area contributed by atoms with Crippen molar-refractivity contribution in [3.63, 3.8) is 0 Å². The van der Waals surface area contributed by atoms with Crippen molar-refractivity contribution in [2.24, 2.45) is 51.2 Å². The summed E-state index contributed by atoms with van der Waals surface area (Å²) in [5.74, 6) is 2.73. The van der Waals surface area contributed by atoms with Crippen molar-refractivity contribution >= 4 is 0 Å². The van der Waals surface area contributed by atoms with Crippen LogP contribution in [0.2, 0.25) is 0 Å². The molecular weight excluding hydrogens is 396 g/mol. The molecule has 5 rings (SSSR count). The SMILES string of the molecule is CC(C)=CCC[C@]1(CO)C[C@@]12C(O)CC1(C)C3CCC4[C@H](C)CCCC4(C)C3C(O)CC12. The average Bonchev–Trinajstić information content (AvgIpc) is 3.33. The van der Waals surface area contributed by atoms with Gasteiger partial charge >= 0.3 is 0 Å². The van der Waals surface area contributed by atoms with Gasteiger partial charge in [-0.15, -0.1) is 0 Å². The normalized spacial score (nSPS) is 56.3. The van der Waals surface area contributed by atoms with Gasteiger partial charge in [0, 0.05) is 17.4 Å². The van der Waals surface area contributed by atoms with Crippen LogP contribution in [0.25, 0.3) is 0 Å². The maximum Gasteiger partial charge on any atom is 0.0611 e. The van der Waals surface area contributed by atoms with Crippen molar-refractivity contribution in [3.8, 4) is 0 Å². The van der Waals surface area contributed by atoms with Gasteiger partial charge < -0.3 is 15.3 Å². The van der Waals surface area contributed by atoms with E-state index in [-0.39, 0.29) is 40.5 Å². The highest BCUT2D eigenvalue weighted by Gasteiger charge is 2.81. The molecule has 5 saturated carbocycles. The molecule has 0 aromatic heterocycles. The third-order valence-electron chi connectivity index (χ3n) is 12.2. The molecule has 11 atom stereocenters. The van der Waals surface area contributed by atoms with Crippen molar-refractivity contribution in [1.29, 1.82) is 0 Å². The maximum atomic E-state index is 11.7. The van der Waals surface area contributed by atoms with E-state index in [4.69, 9.17) is 0 Å². The fourth-order valence-corrected chi connectivity index (χ4v) is 10.9. The molecule has 0 aromatic rings. The Bertz CT molecular complexity index is 772. The van der Waals surface area contributed by atoms with E-state index in [2.05, 4.69) is 40.7 Å². The molecule has 0 aromatic carbocycles. The Morgan fingerprint density at radius 1 is 1.03 bits per heavy atom. The zero-order valence-corrected chi connectivity index (χ0v) is 21.2. The highest BCUT2D eigenvalue weighted by Crippen LogP contribution is 2.83. The van der Waals surface area contributed by atoms with Crippen LogP contribution < -0.4 is 0 Å². The van der Waals surface area contributed by atoms with E-state index in [0.29, 0.717) is 17.8 Å². The van der Waals surface area contributed by atoms with Crippen molar-refractivity contribution in [3.05, 3.63) is 11.6 Å². The third-order valence-corrected chi connectivity index (χ3v) is 12.2. The third kappa shape index (κ3) is 2.89. The largest absolute Gasteiger partial charge is 0.396 e. The molecule has 182 valence electrons. The molecule has 8 unspecified atom stereocenters.